The molecular weight excluding hydrogens is 260 g/mol. The molecule has 0 saturated heterocycles. The summed E-state index contributed by atoms with van der Waals surface area (Å²) in [5.41, 5.74) is 0.457. The van der Waals surface area contributed by atoms with Gasteiger partial charge in [0.05, 0.1) is 11.8 Å². The molecule has 1 aromatic rings. The van der Waals surface area contributed by atoms with Crippen molar-refractivity contribution >= 4 is 14.3 Å². The second kappa shape index (κ2) is 6.80. The third-order valence-corrected chi connectivity index (χ3v) is 2.80. The summed E-state index contributed by atoms with van der Waals surface area (Å²) in [5.74, 6) is -0.144. The molecule has 1 aromatic carbocycles. The van der Waals surface area contributed by atoms with Gasteiger partial charge >= 0.3 is 5.97 Å². The maximum absolute atomic E-state index is 11.7. The third-order valence-electron chi connectivity index (χ3n) is 1.95. The summed E-state index contributed by atoms with van der Waals surface area (Å²) >= 11 is 0. The summed E-state index contributed by atoms with van der Waals surface area (Å²) in [5, 5.41) is 8.79. The lowest BCUT2D eigenvalue weighted by molar-refractivity contribution is 0.0654. The Morgan fingerprint density at radius 3 is 2.37 bits per heavy atom. The highest BCUT2D eigenvalue weighted by molar-refractivity contribution is 6.70. The summed E-state index contributed by atoms with van der Waals surface area (Å²) < 4.78 is 10.7. The summed E-state index contributed by atoms with van der Waals surface area (Å²) in [7, 11) is -1.83. The minimum absolute atomic E-state index is 0.325. The smallest absolute Gasteiger partial charge is 0.343 e. The van der Waals surface area contributed by atoms with Crippen LogP contribution < -0.4 is 0 Å². The van der Waals surface area contributed by atoms with Crippen LogP contribution in [0.25, 0.3) is 0 Å². The van der Waals surface area contributed by atoms with Gasteiger partial charge in [0, 0.05) is 6.08 Å². The lowest BCUT2D eigenvalue weighted by Gasteiger charge is -2.19. The van der Waals surface area contributed by atoms with Crippen molar-refractivity contribution in [2.24, 2.45) is 0 Å². The van der Waals surface area contributed by atoms with E-state index in [0.29, 0.717) is 11.3 Å². The maximum atomic E-state index is 11.7. The molecule has 0 unspecified atom stereocenters. The first-order valence-electron chi connectivity index (χ1n) is 5.88. The number of esters is 1. The lowest BCUT2D eigenvalue weighted by Crippen LogP contribution is -2.24. The van der Waals surface area contributed by atoms with Crippen LogP contribution in [0.3, 0.4) is 0 Å². The standard InChI is InChI=1S/C14H18O4Si/c1-19(2,3)18-13(9-10-15)11-17-14(16)12-7-5-4-6-8-12/h4-11,15H,1-3H3/b10-9-,13-11-. The van der Waals surface area contributed by atoms with Crippen LogP contribution in [0.1, 0.15) is 10.4 Å². The quantitative estimate of drug-likeness (QED) is 0.387. The van der Waals surface area contributed by atoms with Gasteiger partial charge in [-0.05, 0) is 31.8 Å². The molecule has 0 atom stereocenters. The molecule has 0 radical (unpaired) electrons. The predicted octanol–water partition coefficient (Wildman–Crippen LogP) is 3.61. The average molecular weight is 278 g/mol. The lowest BCUT2D eigenvalue weighted by atomic mass is 10.2. The first-order valence-corrected chi connectivity index (χ1v) is 9.29. The normalized spacial score (nSPS) is 12.5. The number of carbonyl (C=O) groups is 1. The number of hydrogen-bond donors (Lipinski definition) is 1. The van der Waals surface area contributed by atoms with Crippen molar-refractivity contribution in [3.63, 3.8) is 0 Å². The number of carbonyl (C=O) groups excluding carboxylic acids is 1. The molecule has 0 heterocycles. The Bertz CT molecular complexity index is 472. The van der Waals surface area contributed by atoms with Gasteiger partial charge in [-0.3, -0.25) is 0 Å². The SMILES string of the molecule is C[Si](C)(C)OC(/C=C\O)=C\OC(=O)c1ccccc1. The second-order valence-electron chi connectivity index (χ2n) is 4.82. The van der Waals surface area contributed by atoms with Crippen molar-refractivity contribution < 1.29 is 19.1 Å². The van der Waals surface area contributed by atoms with Gasteiger partial charge in [0.1, 0.15) is 12.0 Å². The molecule has 5 heteroatoms. The van der Waals surface area contributed by atoms with Crippen LogP contribution in [-0.2, 0) is 9.16 Å². The van der Waals surface area contributed by atoms with Gasteiger partial charge in [-0.1, -0.05) is 18.2 Å². The molecule has 0 aliphatic rings. The minimum Gasteiger partial charge on any atom is -0.542 e. The van der Waals surface area contributed by atoms with Crippen LogP contribution in [0.5, 0.6) is 0 Å². The zero-order valence-electron chi connectivity index (χ0n) is 11.3. The van der Waals surface area contributed by atoms with Crippen LogP contribution >= 0.6 is 0 Å². The van der Waals surface area contributed by atoms with Crippen LogP contribution in [0.2, 0.25) is 19.6 Å². The highest BCUT2D eigenvalue weighted by Gasteiger charge is 2.17. The molecule has 1 N–H and O–H groups in total. The highest BCUT2D eigenvalue weighted by Crippen LogP contribution is 2.12. The van der Waals surface area contributed by atoms with E-state index in [1.807, 2.05) is 25.7 Å². The van der Waals surface area contributed by atoms with Crippen molar-refractivity contribution in [1.29, 1.82) is 0 Å². The number of allylic oxidation sites excluding steroid dienone is 1. The molecule has 0 bridgehead atoms. The van der Waals surface area contributed by atoms with E-state index in [1.165, 1.54) is 12.3 Å². The number of benzene rings is 1. The van der Waals surface area contributed by atoms with Gasteiger partial charge in [0.25, 0.3) is 0 Å². The Hall–Kier alpha value is -2.01. The van der Waals surface area contributed by atoms with E-state index in [2.05, 4.69) is 0 Å². The average Bonchev–Trinajstić information content (AvgIpc) is 2.35. The Morgan fingerprint density at radius 2 is 1.84 bits per heavy atom. The highest BCUT2D eigenvalue weighted by atomic mass is 28.4. The number of aliphatic hydroxyl groups is 1. The first-order chi connectivity index (χ1) is 8.92. The van der Waals surface area contributed by atoms with Gasteiger partial charge in [-0.25, -0.2) is 4.79 Å². The monoisotopic (exact) mass is 278 g/mol. The number of rotatable bonds is 5. The Balaban J connectivity index is 2.73. The number of hydrogen-bond acceptors (Lipinski definition) is 4. The van der Waals surface area contributed by atoms with E-state index < -0.39 is 14.3 Å². The van der Waals surface area contributed by atoms with Crippen molar-refractivity contribution in [3.05, 3.63) is 60.3 Å². The Labute approximate surface area is 114 Å². The molecule has 0 aliphatic heterocycles. The van der Waals surface area contributed by atoms with E-state index in [4.69, 9.17) is 14.3 Å². The molecule has 0 fully saturated rings. The molecule has 1 rings (SSSR count). The molecule has 19 heavy (non-hydrogen) atoms. The van der Waals surface area contributed by atoms with Crippen LogP contribution in [0, 0.1) is 0 Å². The van der Waals surface area contributed by atoms with Gasteiger partial charge in [0.2, 0.25) is 8.32 Å². The zero-order chi connectivity index (χ0) is 14.3. The molecular formula is C14H18O4Si. The van der Waals surface area contributed by atoms with Crippen molar-refractivity contribution in [2.45, 2.75) is 19.6 Å². The fourth-order valence-electron chi connectivity index (χ4n) is 1.28. The topological polar surface area (TPSA) is 55.8 Å². The minimum atomic E-state index is -1.83. The maximum Gasteiger partial charge on any atom is 0.343 e. The van der Waals surface area contributed by atoms with Crippen molar-refractivity contribution in [3.8, 4) is 0 Å². The van der Waals surface area contributed by atoms with Crippen molar-refractivity contribution in [1.82, 2.24) is 0 Å². The van der Waals surface area contributed by atoms with E-state index in [0.717, 1.165) is 6.26 Å². The van der Waals surface area contributed by atoms with Gasteiger partial charge in [-0.15, -0.1) is 0 Å². The second-order valence-corrected chi connectivity index (χ2v) is 9.25. The number of ether oxygens (including phenoxy) is 1. The van der Waals surface area contributed by atoms with E-state index in [-0.39, 0.29) is 0 Å². The molecule has 0 amide bonds. The van der Waals surface area contributed by atoms with Crippen LogP contribution in [0.15, 0.2) is 54.7 Å². The molecule has 102 valence electrons. The summed E-state index contributed by atoms with van der Waals surface area (Å²) in [6, 6.07) is 8.66. The van der Waals surface area contributed by atoms with Crippen molar-refractivity contribution in [2.75, 3.05) is 0 Å². The van der Waals surface area contributed by atoms with Gasteiger partial charge < -0.3 is 14.3 Å². The molecule has 0 aliphatic carbocycles. The molecule has 0 aromatic heterocycles. The van der Waals surface area contributed by atoms with Crippen LogP contribution in [-0.4, -0.2) is 19.4 Å². The predicted molar refractivity (Wildman–Crippen MR) is 76.1 cm³/mol. The third kappa shape index (κ3) is 5.92. The number of aliphatic hydroxyl groups excluding tert-OH is 1. The van der Waals surface area contributed by atoms with E-state index >= 15 is 0 Å². The Morgan fingerprint density at radius 1 is 1.21 bits per heavy atom. The van der Waals surface area contributed by atoms with Gasteiger partial charge in [-0.2, -0.15) is 0 Å². The fourth-order valence-corrected chi connectivity index (χ4v) is 2.10. The van der Waals surface area contributed by atoms with E-state index in [9.17, 15) is 4.79 Å². The first kappa shape index (κ1) is 15.0. The van der Waals surface area contributed by atoms with Crippen LogP contribution in [0.4, 0.5) is 0 Å². The summed E-state index contributed by atoms with van der Waals surface area (Å²) in [6.45, 7) is 5.97. The largest absolute Gasteiger partial charge is 0.542 e. The van der Waals surface area contributed by atoms with Gasteiger partial charge in [0.15, 0.2) is 0 Å². The molecule has 0 spiro atoms. The zero-order valence-corrected chi connectivity index (χ0v) is 12.3. The Kier molecular flexibility index (Phi) is 5.38. The summed E-state index contributed by atoms with van der Waals surface area (Å²) in [4.78, 5) is 11.7. The summed E-state index contributed by atoms with van der Waals surface area (Å²) in [6.07, 6.45) is 3.40. The fraction of sp³-hybridized carbons (Fsp3) is 0.214. The molecule has 0 saturated carbocycles. The molecule has 4 nitrogen and oxygen atoms in total. The van der Waals surface area contributed by atoms with E-state index in [1.54, 1.807) is 24.3 Å².